The first-order valence-electron chi connectivity index (χ1n) is 7.48. The molecule has 138 valence electrons. The van der Waals surface area contributed by atoms with Crippen LogP contribution >= 0.6 is 0 Å². The normalized spacial score (nSPS) is 10.6. The first-order valence-corrected chi connectivity index (χ1v) is 7.48. The molecule has 1 aromatic heterocycles. The number of aromatic nitrogens is 1. The monoisotopic (exact) mass is 379 g/mol. The van der Waals surface area contributed by atoms with E-state index in [-0.39, 0.29) is 17.1 Å². The summed E-state index contributed by atoms with van der Waals surface area (Å²) < 4.78 is 66.0. The van der Waals surface area contributed by atoms with Crippen molar-refractivity contribution in [3.8, 4) is 0 Å². The molecular formula is C18H10F5N3O. The molecule has 0 radical (unpaired) electrons. The lowest BCUT2D eigenvalue weighted by atomic mass is 10.2. The molecule has 4 nitrogen and oxygen atoms in total. The van der Waals surface area contributed by atoms with Crippen LogP contribution in [0.2, 0.25) is 0 Å². The van der Waals surface area contributed by atoms with Crippen LogP contribution in [0.15, 0.2) is 48.7 Å². The number of hydrogen-bond acceptors (Lipinski definition) is 3. The molecule has 27 heavy (non-hydrogen) atoms. The van der Waals surface area contributed by atoms with E-state index in [2.05, 4.69) is 15.6 Å². The third-order valence-electron chi connectivity index (χ3n) is 3.50. The van der Waals surface area contributed by atoms with Crippen LogP contribution in [-0.4, -0.2) is 10.9 Å². The minimum absolute atomic E-state index is 0.0132. The van der Waals surface area contributed by atoms with Gasteiger partial charge in [0.2, 0.25) is 0 Å². The molecule has 0 aliphatic carbocycles. The van der Waals surface area contributed by atoms with Crippen molar-refractivity contribution in [1.82, 2.24) is 4.98 Å². The van der Waals surface area contributed by atoms with Crippen molar-refractivity contribution < 1.29 is 26.7 Å². The highest BCUT2D eigenvalue weighted by molar-refractivity contribution is 6.04. The van der Waals surface area contributed by atoms with E-state index in [0.29, 0.717) is 6.07 Å². The lowest BCUT2D eigenvalue weighted by Crippen LogP contribution is -2.14. The van der Waals surface area contributed by atoms with E-state index in [1.54, 1.807) is 0 Å². The van der Waals surface area contributed by atoms with Gasteiger partial charge >= 0.3 is 0 Å². The third kappa shape index (κ3) is 4.02. The number of carbonyl (C=O) groups excluding carboxylic acids is 1. The van der Waals surface area contributed by atoms with E-state index >= 15 is 0 Å². The zero-order valence-corrected chi connectivity index (χ0v) is 13.4. The molecular weight excluding hydrogens is 369 g/mol. The second-order valence-electron chi connectivity index (χ2n) is 5.36. The fraction of sp³-hybridized carbons (Fsp3) is 0. The van der Waals surface area contributed by atoms with Gasteiger partial charge in [-0.05, 0) is 36.4 Å². The SMILES string of the molecule is O=C(Nc1ccc(F)c(F)c1F)c1ccnc(Nc2ccc(F)c(F)c2)c1. The van der Waals surface area contributed by atoms with Gasteiger partial charge < -0.3 is 10.6 Å². The lowest BCUT2D eigenvalue weighted by Gasteiger charge is -2.09. The number of pyridine rings is 1. The predicted octanol–water partition coefficient (Wildman–Crippen LogP) is 4.77. The summed E-state index contributed by atoms with van der Waals surface area (Å²) >= 11 is 0. The Morgan fingerprint density at radius 1 is 0.815 bits per heavy atom. The highest BCUT2D eigenvalue weighted by Crippen LogP contribution is 2.22. The van der Waals surface area contributed by atoms with Gasteiger partial charge in [-0.3, -0.25) is 4.79 Å². The van der Waals surface area contributed by atoms with Crippen LogP contribution in [0.25, 0.3) is 0 Å². The summed E-state index contributed by atoms with van der Waals surface area (Å²) in [6.45, 7) is 0. The molecule has 3 rings (SSSR count). The molecule has 1 amide bonds. The molecule has 1 heterocycles. The summed E-state index contributed by atoms with van der Waals surface area (Å²) in [6.07, 6.45) is 1.25. The topological polar surface area (TPSA) is 54.0 Å². The summed E-state index contributed by atoms with van der Waals surface area (Å²) in [7, 11) is 0. The first-order chi connectivity index (χ1) is 12.8. The Labute approximate surface area is 149 Å². The quantitative estimate of drug-likeness (QED) is 0.507. The van der Waals surface area contributed by atoms with E-state index in [1.165, 1.54) is 24.4 Å². The molecule has 0 bridgehead atoms. The number of nitrogens with one attached hydrogen (secondary N) is 2. The van der Waals surface area contributed by atoms with E-state index in [9.17, 15) is 26.7 Å². The smallest absolute Gasteiger partial charge is 0.255 e. The molecule has 0 saturated carbocycles. The minimum Gasteiger partial charge on any atom is -0.340 e. The molecule has 0 atom stereocenters. The van der Waals surface area contributed by atoms with Crippen LogP contribution in [0.1, 0.15) is 10.4 Å². The van der Waals surface area contributed by atoms with Gasteiger partial charge in [-0.15, -0.1) is 0 Å². The Bertz CT molecular complexity index is 1030. The summed E-state index contributed by atoms with van der Waals surface area (Å²) in [6, 6.07) is 7.20. The maximum absolute atomic E-state index is 13.7. The number of hydrogen-bond donors (Lipinski definition) is 2. The standard InChI is InChI=1S/C18H10F5N3O/c19-11-2-1-10(8-13(11)21)25-15-7-9(5-6-24-15)18(27)26-14-4-3-12(20)16(22)17(14)23/h1-8H,(H,24,25)(H,26,27). The molecule has 0 fully saturated rings. The van der Waals surface area contributed by atoms with Gasteiger partial charge in [-0.1, -0.05) is 0 Å². The number of halogens is 5. The largest absolute Gasteiger partial charge is 0.340 e. The van der Waals surface area contributed by atoms with Gasteiger partial charge in [-0.25, -0.2) is 26.9 Å². The van der Waals surface area contributed by atoms with E-state index in [1.807, 2.05) is 0 Å². The highest BCUT2D eigenvalue weighted by Gasteiger charge is 2.16. The molecule has 0 aliphatic rings. The first kappa shape index (κ1) is 18.3. The van der Waals surface area contributed by atoms with Crippen molar-refractivity contribution in [2.75, 3.05) is 10.6 Å². The number of benzene rings is 2. The van der Waals surface area contributed by atoms with Crippen LogP contribution in [0.3, 0.4) is 0 Å². The Hall–Kier alpha value is -3.49. The predicted molar refractivity (Wildman–Crippen MR) is 88.1 cm³/mol. The number of anilines is 3. The molecule has 9 heteroatoms. The Morgan fingerprint density at radius 2 is 1.56 bits per heavy atom. The number of rotatable bonds is 4. The second-order valence-corrected chi connectivity index (χ2v) is 5.36. The Morgan fingerprint density at radius 3 is 2.30 bits per heavy atom. The van der Waals surface area contributed by atoms with Crippen molar-refractivity contribution in [2.45, 2.75) is 0 Å². The van der Waals surface area contributed by atoms with Crippen molar-refractivity contribution in [2.24, 2.45) is 0 Å². The molecule has 0 saturated heterocycles. The van der Waals surface area contributed by atoms with Gasteiger partial charge in [0.15, 0.2) is 29.1 Å². The zero-order chi connectivity index (χ0) is 19.6. The van der Waals surface area contributed by atoms with Crippen molar-refractivity contribution >= 4 is 23.1 Å². The number of amides is 1. The van der Waals surface area contributed by atoms with Gasteiger partial charge in [-0.2, -0.15) is 0 Å². The van der Waals surface area contributed by atoms with Gasteiger partial charge in [0.1, 0.15) is 5.82 Å². The van der Waals surface area contributed by atoms with Crippen LogP contribution in [0.4, 0.5) is 39.1 Å². The van der Waals surface area contributed by atoms with Gasteiger partial charge in [0.05, 0.1) is 5.69 Å². The Kier molecular flexibility index (Phi) is 5.02. The highest BCUT2D eigenvalue weighted by atomic mass is 19.2. The average Bonchev–Trinajstić information content (AvgIpc) is 2.65. The van der Waals surface area contributed by atoms with Crippen LogP contribution in [-0.2, 0) is 0 Å². The maximum atomic E-state index is 13.7. The zero-order valence-electron chi connectivity index (χ0n) is 13.4. The maximum Gasteiger partial charge on any atom is 0.255 e. The van der Waals surface area contributed by atoms with E-state index in [4.69, 9.17) is 0 Å². The number of carbonyl (C=O) groups is 1. The summed E-state index contributed by atoms with van der Waals surface area (Å²) in [4.78, 5) is 16.1. The van der Waals surface area contributed by atoms with Crippen molar-refractivity contribution in [3.63, 3.8) is 0 Å². The average molecular weight is 379 g/mol. The second kappa shape index (κ2) is 7.40. The van der Waals surface area contributed by atoms with E-state index < -0.39 is 40.7 Å². The molecule has 0 spiro atoms. The Balaban J connectivity index is 1.79. The molecule has 3 aromatic rings. The molecule has 0 aliphatic heterocycles. The van der Waals surface area contributed by atoms with Crippen LogP contribution in [0.5, 0.6) is 0 Å². The summed E-state index contributed by atoms with van der Waals surface area (Å²) in [5.41, 5.74) is -0.337. The molecule has 2 N–H and O–H groups in total. The fourth-order valence-electron chi connectivity index (χ4n) is 2.18. The van der Waals surface area contributed by atoms with E-state index in [0.717, 1.165) is 18.2 Å². The number of nitrogens with zero attached hydrogens (tertiary/aromatic N) is 1. The minimum atomic E-state index is -1.71. The third-order valence-corrected chi connectivity index (χ3v) is 3.50. The summed E-state index contributed by atoms with van der Waals surface area (Å²) in [5, 5.41) is 4.79. The fourth-order valence-corrected chi connectivity index (χ4v) is 2.18. The van der Waals surface area contributed by atoms with Crippen LogP contribution in [0, 0.1) is 29.1 Å². The van der Waals surface area contributed by atoms with Gasteiger partial charge in [0.25, 0.3) is 5.91 Å². The van der Waals surface area contributed by atoms with Crippen molar-refractivity contribution in [1.29, 1.82) is 0 Å². The molecule has 2 aromatic carbocycles. The summed E-state index contributed by atoms with van der Waals surface area (Å²) in [5.74, 6) is -7.39. The van der Waals surface area contributed by atoms with Gasteiger partial charge in [0, 0.05) is 23.5 Å². The lowest BCUT2D eigenvalue weighted by molar-refractivity contribution is 0.102. The van der Waals surface area contributed by atoms with Crippen molar-refractivity contribution in [3.05, 3.63) is 83.3 Å². The molecule has 0 unspecified atom stereocenters. The van der Waals surface area contributed by atoms with Crippen LogP contribution < -0.4 is 10.6 Å².